The lowest BCUT2D eigenvalue weighted by Gasteiger charge is -2.02. The summed E-state index contributed by atoms with van der Waals surface area (Å²) in [7, 11) is 0. The Hall–Kier alpha value is -1.89. The van der Waals surface area contributed by atoms with E-state index in [1.165, 1.54) is 13.1 Å². The number of aliphatic hydroxyl groups is 1. The molecule has 0 amide bonds. The lowest BCUT2D eigenvalue weighted by atomic mass is 10.3. The second kappa shape index (κ2) is 4.17. The van der Waals surface area contributed by atoms with Crippen LogP contribution in [0.2, 0.25) is 0 Å². The first-order valence-corrected chi connectivity index (χ1v) is 4.74. The minimum atomic E-state index is -1.54. The minimum absolute atomic E-state index is 0.0131. The highest BCUT2D eigenvalue weighted by atomic mass is 19.2. The molecule has 0 aliphatic heterocycles. The van der Waals surface area contributed by atoms with Crippen LogP contribution >= 0.6 is 0 Å². The zero-order chi connectivity index (χ0) is 12.6. The third-order valence-corrected chi connectivity index (χ3v) is 2.17. The first kappa shape index (κ1) is 11.6. The van der Waals surface area contributed by atoms with Crippen LogP contribution in [-0.4, -0.2) is 20.1 Å². The lowest BCUT2D eigenvalue weighted by molar-refractivity contribution is 0.194. The topological polar surface area (TPSA) is 50.9 Å². The van der Waals surface area contributed by atoms with Crippen LogP contribution in [0.5, 0.6) is 0 Å². The number of benzene rings is 1. The van der Waals surface area contributed by atoms with Crippen molar-refractivity contribution < 1.29 is 18.3 Å². The van der Waals surface area contributed by atoms with Crippen molar-refractivity contribution in [2.75, 3.05) is 0 Å². The van der Waals surface area contributed by atoms with E-state index in [4.69, 9.17) is 0 Å². The molecule has 0 aliphatic rings. The molecule has 7 heteroatoms. The molecule has 1 aromatic heterocycles. The maximum Gasteiger partial charge on any atom is 0.194 e. The van der Waals surface area contributed by atoms with Gasteiger partial charge < -0.3 is 5.11 Å². The third-order valence-electron chi connectivity index (χ3n) is 2.17. The number of hydrogen-bond acceptors (Lipinski definition) is 3. The molecule has 2 rings (SSSR count). The molecule has 0 radical (unpaired) electrons. The van der Waals surface area contributed by atoms with Crippen molar-refractivity contribution >= 4 is 0 Å². The van der Waals surface area contributed by atoms with E-state index in [-0.39, 0.29) is 11.4 Å². The van der Waals surface area contributed by atoms with E-state index in [9.17, 15) is 18.3 Å². The third kappa shape index (κ3) is 2.14. The summed E-state index contributed by atoms with van der Waals surface area (Å²) in [5.74, 6) is -4.16. The van der Waals surface area contributed by atoms with Gasteiger partial charge in [-0.1, -0.05) is 5.21 Å². The van der Waals surface area contributed by atoms with Crippen molar-refractivity contribution in [1.82, 2.24) is 15.0 Å². The Bertz CT molecular complexity index is 530. The Labute approximate surface area is 94.3 Å². The molecule has 1 heterocycles. The maximum absolute atomic E-state index is 13.0. The highest BCUT2D eigenvalue weighted by Crippen LogP contribution is 2.17. The fraction of sp³-hybridized carbons (Fsp3) is 0.200. The fourth-order valence-corrected chi connectivity index (χ4v) is 1.27. The predicted octanol–water partition coefficient (Wildman–Crippen LogP) is 1.74. The van der Waals surface area contributed by atoms with Crippen molar-refractivity contribution in [2.45, 2.75) is 13.0 Å². The molecule has 0 saturated carbocycles. The Morgan fingerprint density at radius 1 is 1.24 bits per heavy atom. The first-order valence-electron chi connectivity index (χ1n) is 4.74. The summed E-state index contributed by atoms with van der Waals surface area (Å²) in [4.78, 5) is 0. The number of aromatic nitrogens is 3. The summed E-state index contributed by atoms with van der Waals surface area (Å²) in [6.45, 7) is 1.47. The van der Waals surface area contributed by atoms with Crippen LogP contribution in [0.15, 0.2) is 18.3 Å². The molecule has 0 spiro atoms. The lowest BCUT2D eigenvalue weighted by Crippen LogP contribution is -1.99. The molecule has 1 N–H and O–H groups in total. The normalized spacial score (nSPS) is 12.8. The van der Waals surface area contributed by atoms with Crippen molar-refractivity contribution in [3.63, 3.8) is 0 Å². The summed E-state index contributed by atoms with van der Waals surface area (Å²) < 4.78 is 39.7. The smallest absolute Gasteiger partial charge is 0.194 e. The highest BCUT2D eigenvalue weighted by Gasteiger charge is 2.13. The molecule has 1 aromatic carbocycles. The first-order chi connectivity index (χ1) is 7.99. The van der Waals surface area contributed by atoms with E-state index in [1.54, 1.807) is 0 Å². The van der Waals surface area contributed by atoms with E-state index in [1.807, 2.05) is 0 Å². The summed E-state index contributed by atoms with van der Waals surface area (Å²) in [6, 6.07) is 1.58. The summed E-state index contributed by atoms with van der Waals surface area (Å²) in [6.07, 6.45) is 0.454. The van der Waals surface area contributed by atoms with Gasteiger partial charge in [0, 0.05) is 12.1 Å². The van der Waals surface area contributed by atoms with Gasteiger partial charge in [0.25, 0.3) is 0 Å². The Kier molecular flexibility index (Phi) is 2.84. The Morgan fingerprint density at radius 2 is 1.82 bits per heavy atom. The number of hydrogen-bond donors (Lipinski definition) is 1. The molecule has 2 aromatic rings. The highest BCUT2D eigenvalue weighted by molar-refractivity contribution is 5.32. The van der Waals surface area contributed by atoms with Gasteiger partial charge in [-0.3, -0.25) is 0 Å². The number of rotatable bonds is 2. The van der Waals surface area contributed by atoms with Gasteiger partial charge in [-0.15, -0.1) is 5.10 Å². The van der Waals surface area contributed by atoms with Gasteiger partial charge in [0.1, 0.15) is 5.69 Å². The van der Waals surface area contributed by atoms with Gasteiger partial charge in [-0.2, -0.15) is 0 Å². The molecule has 4 nitrogen and oxygen atoms in total. The standard InChI is InChI=1S/C10H8F3N3O/c1-5(17)9-4-16(15-14-9)6-2-7(11)10(13)8(12)3-6/h2-5,17H,1H3. The van der Waals surface area contributed by atoms with Crippen LogP contribution in [0.3, 0.4) is 0 Å². The van der Waals surface area contributed by atoms with Crippen molar-refractivity contribution in [3.05, 3.63) is 41.5 Å². The molecule has 17 heavy (non-hydrogen) atoms. The fourth-order valence-electron chi connectivity index (χ4n) is 1.27. The Morgan fingerprint density at radius 3 is 2.29 bits per heavy atom. The molecule has 1 unspecified atom stereocenters. The average Bonchev–Trinajstić information content (AvgIpc) is 2.74. The summed E-state index contributed by atoms with van der Waals surface area (Å²) in [5.41, 5.74) is 0.232. The van der Waals surface area contributed by atoms with Crippen molar-refractivity contribution in [3.8, 4) is 5.69 Å². The van der Waals surface area contributed by atoms with Gasteiger partial charge in [0.2, 0.25) is 0 Å². The quantitative estimate of drug-likeness (QED) is 0.817. The average molecular weight is 243 g/mol. The van der Waals surface area contributed by atoms with Crippen LogP contribution in [0, 0.1) is 17.5 Å². The van der Waals surface area contributed by atoms with Crippen LogP contribution < -0.4 is 0 Å². The van der Waals surface area contributed by atoms with Crippen LogP contribution in [-0.2, 0) is 0 Å². The van der Waals surface area contributed by atoms with Crippen molar-refractivity contribution in [1.29, 1.82) is 0 Å². The van der Waals surface area contributed by atoms with Crippen LogP contribution in [0.1, 0.15) is 18.7 Å². The molecule has 1 atom stereocenters. The van der Waals surface area contributed by atoms with E-state index < -0.39 is 23.6 Å². The molecule has 0 saturated heterocycles. The van der Waals surface area contributed by atoms with E-state index in [0.29, 0.717) is 0 Å². The SMILES string of the molecule is CC(O)c1cn(-c2cc(F)c(F)c(F)c2)nn1. The van der Waals surface area contributed by atoms with Gasteiger partial charge in [-0.05, 0) is 6.92 Å². The van der Waals surface area contributed by atoms with E-state index >= 15 is 0 Å². The number of halogens is 3. The van der Waals surface area contributed by atoms with Crippen LogP contribution in [0.25, 0.3) is 5.69 Å². The zero-order valence-electron chi connectivity index (χ0n) is 8.73. The van der Waals surface area contributed by atoms with Gasteiger partial charge in [0.15, 0.2) is 17.5 Å². The molecule has 0 fully saturated rings. The molecule has 0 aliphatic carbocycles. The van der Waals surface area contributed by atoms with Gasteiger partial charge >= 0.3 is 0 Å². The number of nitrogens with zero attached hydrogens (tertiary/aromatic N) is 3. The number of aliphatic hydroxyl groups excluding tert-OH is 1. The van der Waals surface area contributed by atoms with E-state index in [2.05, 4.69) is 10.3 Å². The minimum Gasteiger partial charge on any atom is -0.387 e. The maximum atomic E-state index is 13.0. The molecule has 0 bridgehead atoms. The monoisotopic (exact) mass is 243 g/mol. The van der Waals surface area contributed by atoms with Crippen molar-refractivity contribution in [2.24, 2.45) is 0 Å². The second-order valence-corrected chi connectivity index (χ2v) is 3.49. The second-order valence-electron chi connectivity index (χ2n) is 3.49. The molecular weight excluding hydrogens is 235 g/mol. The van der Waals surface area contributed by atoms with Crippen LogP contribution in [0.4, 0.5) is 13.2 Å². The molecule has 90 valence electrons. The molecular formula is C10H8F3N3O. The van der Waals surface area contributed by atoms with Gasteiger partial charge in [0.05, 0.1) is 18.0 Å². The largest absolute Gasteiger partial charge is 0.387 e. The predicted molar refractivity (Wildman–Crippen MR) is 51.9 cm³/mol. The summed E-state index contributed by atoms with van der Waals surface area (Å²) >= 11 is 0. The van der Waals surface area contributed by atoms with E-state index in [0.717, 1.165) is 16.8 Å². The zero-order valence-corrected chi connectivity index (χ0v) is 8.73. The summed E-state index contributed by atoms with van der Waals surface area (Å²) in [5, 5.41) is 16.4. The Balaban J connectivity index is 2.46. The van der Waals surface area contributed by atoms with Gasteiger partial charge in [-0.25, -0.2) is 17.9 Å².